The molecule has 1 nitrogen and oxygen atoms in total. The smallest absolute Gasteiger partial charge is 0.190 e. The first kappa shape index (κ1) is 10.2. The first-order chi connectivity index (χ1) is 7.86. The summed E-state index contributed by atoms with van der Waals surface area (Å²) in [5.74, 6) is 1.16. The van der Waals surface area contributed by atoms with E-state index >= 15 is 0 Å². The summed E-state index contributed by atoms with van der Waals surface area (Å²) in [5.41, 5.74) is 3.43. The summed E-state index contributed by atoms with van der Waals surface area (Å²) in [5, 5.41) is 0. The van der Waals surface area contributed by atoms with Gasteiger partial charge in [-0.15, -0.1) is 11.8 Å². The number of ketones is 1. The molecular weight excluding hydrogens is 216 g/mol. The average molecular weight is 230 g/mol. The molecule has 0 atom stereocenters. The Morgan fingerprint density at radius 1 is 1.06 bits per heavy atom. The maximum atomic E-state index is 12.3. The number of Topliss-reactive ketones (excluding diaryl/α,β-unsaturated/α-hetero) is 1. The fourth-order valence-electron chi connectivity index (χ4n) is 2.52. The number of hydrogen-bond donors (Lipinski definition) is 0. The predicted molar refractivity (Wildman–Crippen MR) is 67.0 cm³/mol. The molecule has 2 aliphatic rings. The van der Waals surface area contributed by atoms with Crippen molar-refractivity contribution in [2.24, 2.45) is 0 Å². The summed E-state index contributed by atoms with van der Waals surface area (Å²) < 4.78 is 0. The molecule has 2 heteroatoms. The first-order valence-corrected chi connectivity index (χ1v) is 6.82. The number of fused-ring (bicyclic) bond motifs is 1. The first-order valence-electron chi connectivity index (χ1n) is 5.83. The molecule has 0 saturated heterocycles. The van der Waals surface area contributed by atoms with Crippen LogP contribution in [0.15, 0.2) is 40.3 Å². The lowest BCUT2D eigenvalue weighted by Crippen LogP contribution is -2.14. The Bertz CT molecular complexity index is 465. The molecular formula is C14H14OS. The highest BCUT2D eigenvalue weighted by Crippen LogP contribution is 2.37. The molecule has 16 heavy (non-hydrogen) atoms. The molecule has 1 aliphatic carbocycles. The zero-order valence-electron chi connectivity index (χ0n) is 9.16. The van der Waals surface area contributed by atoms with Crippen molar-refractivity contribution < 1.29 is 4.79 Å². The summed E-state index contributed by atoms with van der Waals surface area (Å²) in [4.78, 5) is 13.5. The zero-order chi connectivity index (χ0) is 11.0. The minimum atomic E-state index is 0.284. The molecule has 1 aromatic carbocycles. The van der Waals surface area contributed by atoms with Crippen LogP contribution in [-0.4, -0.2) is 11.5 Å². The quantitative estimate of drug-likeness (QED) is 0.630. The summed E-state index contributed by atoms with van der Waals surface area (Å²) in [7, 11) is 0. The molecule has 1 aromatic rings. The number of hydrogen-bond acceptors (Lipinski definition) is 2. The summed E-state index contributed by atoms with van der Waals surface area (Å²) in [6.45, 7) is 0. The van der Waals surface area contributed by atoms with Crippen LogP contribution in [0.3, 0.4) is 0 Å². The van der Waals surface area contributed by atoms with E-state index < -0.39 is 0 Å². The predicted octanol–water partition coefficient (Wildman–Crippen LogP) is 3.85. The number of carbonyl (C=O) groups is 1. The molecule has 1 heterocycles. The van der Waals surface area contributed by atoms with E-state index in [1.54, 1.807) is 0 Å². The van der Waals surface area contributed by atoms with Crippen LogP contribution in [0.4, 0.5) is 0 Å². The van der Waals surface area contributed by atoms with Crippen molar-refractivity contribution in [1.82, 2.24) is 0 Å². The maximum Gasteiger partial charge on any atom is 0.190 e. The number of benzene rings is 1. The lowest BCUT2D eigenvalue weighted by atomic mass is 9.98. The highest BCUT2D eigenvalue weighted by Gasteiger charge is 2.25. The Kier molecular flexibility index (Phi) is 2.60. The molecule has 1 aliphatic heterocycles. The van der Waals surface area contributed by atoms with Gasteiger partial charge in [0.05, 0.1) is 0 Å². The van der Waals surface area contributed by atoms with Gasteiger partial charge in [-0.3, -0.25) is 4.79 Å². The van der Waals surface area contributed by atoms with Crippen LogP contribution in [-0.2, 0) is 0 Å². The van der Waals surface area contributed by atoms with Gasteiger partial charge in [0.2, 0.25) is 0 Å². The van der Waals surface area contributed by atoms with Gasteiger partial charge in [-0.1, -0.05) is 17.7 Å². The normalized spacial score (nSPS) is 20.1. The molecule has 0 bridgehead atoms. The van der Waals surface area contributed by atoms with Crippen molar-refractivity contribution in [2.45, 2.75) is 30.6 Å². The fraction of sp³-hybridized carbons (Fsp3) is 0.357. The van der Waals surface area contributed by atoms with Crippen LogP contribution in [0, 0.1) is 0 Å². The van der Waals surface area contributed by atoms with Crippen LogP contribution < -0.4 is 0 Å². The molecule has 1 saturated carbocycles. The molecule has 0 N–H and O–H groups in total. The van der Waals surface area contributed by atoms with Gasteiger partial charge in [0, 0.05) is 21.8 Å². The standard InChI is InChI=1S/C14H14OS/c15-14-11-7-3-4-8-13(11)16-9-12(14)10-5-1-2-6-10/h3-4,7-8H,1-2,5-6,9H2. The SMILES string of the molecule is O=C1C(=C2CCCC2)CSc2ccccc21. The Labute approximate surface area is 99.9 Å². The van der Waals surface area contributed by atoms with Crippen LogP contribution in [0.2, 0.25) is 0 Å². The molecule has 3 rings (SSSR count). The summed E-state index contributed by atoms with van der Waals surface area (Å²) in [6.07, 6.45) is 4.81. The van der Waals surface area contributed by atoms with Crippen molar-refractivity contribution in [3.8, 4) is 0 Å². The average Bonchev–Trinajstić information content (AvgIpc) is 2.83. The van der Waals surface area contributed by atoms with E-state index in [0.29, 0.717) is 0 Å². The van der Waals surface area contributed by atoms with Crippen molar-refractivity contribution in [1.29, 1.82) is 0 Å². The van der Waals surface area contributed by atoms with E-state index in [0.717, 1.165) is 34.6 Å². The fourth-order valence-corrected chi connectivity index (χ4v) is 3.65. The van der Waals surface area contributed by atoms with Crippen molar-refractivity contribution in [2.75, 3.05) is 5.75 Å². The topological polar surface area (TPSA) is 17.1 Å². The third-order valence-electron chi connectivity index (χ3n) is 3.41. The van der Waals surface area contributed by atoms with E-state index in [1.165, 1.54) is 18.4 Å². The van der Waals surface area contributed by atoms with E-state index in [9.17, 15) is 4.79 Å². The van der Waals surface area contributed by atoms with Gasteiger partial charge < -0.3 is 0 Å². The Balaban J connectivity index is 2.04. The third kappa shape index (κ3) is 1.61. The largest absolute Gasteiger partial charge is 0.289 e. The van der Waals surface area contributed by atoms with Crippen molar-refractivity contribution in [3.05, 3.63) is 41.0 Å². The third-order valence-corrected chi connectivity index (χ3v) is 4.51. The second-order valence-corrected chi connectivity index (χ2v) is 5.42. The van der Waals surface area contributed by atoms with E-state index in [1.807, 2.05) is 36.0 Å². The highest BCUT2D eigenvalue weighted by atomic mass is 32.2. The highest BCUT2D eigenvalue weighted by molar-refractivity contribution is 7.99. The Hall–Kier alpha value is -1.02. The molecule has 82 valence electrons. The van der Waals surface area contributed by atoms with Gasteiger partial charge in [-0.2, -0.15) is 0 Å². The van der Waals surface area contributed by atoms with Gasteiger partial charge in [0.1, 0.15) is 0 Å². The Morgan fingerprint density at radius 3 is 2.62 bits per heavy atom. The molecule has 1 fully saturated rings. The second-order valence-electron chi connectivity index (χ2n) is 4.40. The van der Waals surface area contributed by atoms with Crippen LogP contribution in [0.5, 0.6) is 0 Å². The molecule has 0 spiro atoms. The van der Waals surface area contributed by atoms with Crippen molar-refractivity contribution in [3.63, 3.8) is 0 Å². The van der Waals surface area contributed by atoms with Gasteiger partial charge >= 0.3 is 0 Å². The second kappa shape index (κ2) is 4.10. The monoisotopic (exact) mass is 230 g/mol. The van der Waals surface area contributed by atoms with E-state index in [-0.39, 0.29) is 5.78 Å². The van der Waals surface area contributed by atoms with Crippen LogP contribution in [0.1, 0.15) is 36.0 Å². The minimum Gasteiger partial charge on any atom is -0.289 e. The van der Waals surface area contributed by atoms with Crippen molar-refractivity contribution >= 4 is 17.5 Å². The lowest BCUT2D eigenvalue weighted by molar-refractivity contribution is 0.103. The molecule has 0 aromatic heterocycles. The van der Waals surface area contributed by atoms with Gasteiger partial charge in [-0.05, 0) is 37.8 Å². The number of carbonyl (C=O) groups excluding carboxylic acids is 1. The van der Waals surface area contributed by atoms with Gasteiger partial charge in [0.15, 0.2) is 5.78 Å². The number of thioether (sulfide) groups is 1. The zero-order valence-corrected chi connectivity index (χ0v) is 9.98. The minimum absolute atomic E-state index is 0.284. The molecule has 0 unspecified atom stereocenters. The van der Waals surface area contributed by atoms with E-state index in [2.05, 4.69) is 0 Å². The maximum absolute atomic E-state index is 12.3. The number of allylic oxidation sites excluding steroid dienone is 1. The van der Waals surface area contributed by atoms with E-state index in [4.69, 9.17) is 0 Å². The number of rotatable bonds is 0. The van der Waals surface area contributed by atoms with Crippen LogP contribution in [0.25, 0.3) is 0 Å². The summed E-state index contributed by atoms with van der Waals surface area (Å²) in [6, 6.07) is 7.97. The molecule has 0 amide bonds. The molecule has 0 radical (unpaired) electrons. The summed E-state index contributed by atoms with van der Waals surface area (Å²) >= 11 is 1.81. The van der Waals surface area contributed by atoms with Gasteiger partial charge in [0.25, 0.3) is 0 Å². The van der Waals surface area contributed by atoms with Gasteiger partial charge in [-0.25, -0.2) is 0 Å². The Morgan fingerprint density at radius 2 is 1.81 bits per heavy atom. The van der Waals surface area contributed by atoms with Crippen LogP contribution >= 0.6 is 11.8 Å². The lowest BCUT2D eigenvalue weighted by Gasteiger charge is -2.18.